The fraction of sp³-hybridized carbons (Fsp3) is 0.667. The average molecular weight is 240 g/mol. The molecule has 0 spiro atoms. The summed E-state index contributed by atoms with van der Waals surface area (Å²) in [4.78, 5) is 10.9. The Hall–Kier alpha value is -0.830. The van der Waals surface area contributed by atoms with Gasteiger partial charge in [-0.05, 0) is 32.6 Å². The minimum atomic E-state index is 0.220. The Bertz CT molecular complexity index is 365. The summed E-state index contributed by atoms with van der Waals surface area (Å²) >= 11 is 5.97. The maximum Gasteiger partial charge on any atom is 0.135 e. The molecule has 0 amide bonds. The number of aryl methyl sites for hydroxylation is 1. The van der Waals surface area contributed by atoms with E-state index in [4.69, 9.17) is 11.6 Å². The monoisotopic (exact) mass is 239 g/mol. The molecule has 0 bridgehead atoms. The first-order valence-electron chi connectivity index (χ1n) is 5.86. The van der Waals surface area contributed by atoms with Crippen LogP contribution in [-0.4, -0.2) is 28.9 Å². The van der Waals surface area contributed by atoms with Crippen LogP contribution in [0.25, 0.3) is 0 Å². The molecule has 0 aliphatic heterocycles. The Morgan fingerprint density at radius 1 is 1.44 bits per heavy atom. The van der Waals surface area contributed by atoms with Crippen LogP contribution < -0.4 is 4.90 Å². The van der Waals surface area contributed by atoms with E-state index in [1.165, 1.54) is 17.7 Å². The summed E-state index contributed by atoms with van der Waals surface area (Å²) in [7, 11) is 2.08. The number of aromatic nitrogens is 2. The van der Waals surface area contributed by atoms with Crippen molar-refractivity contribution in [3.63, 3.8) is 0 Å². The SMILES string of the molecule is CC(Cl)CCN(C)c1ncnc2c1CCC2. The smallest absolute Gasteiger partial charge is 0.135 e. The Balaban J connectivity index is 2.11. The van der Waals surface area contributed by atoms with Crippen molar-refractivity contribution in [2.24, 2.45) is 0 Å². The van der Waals surface area contributed by atoms with Gasteiger partial charge >= 0.3 is 0 Å². The third kappa shape index (κ3) is 2.46. The molecule has 0 radical (unpaired) electrons. The predicted molar refractivity (Wildman–Crippen MR) is 67.3 cm³/mol. The summed E-state index contributed by atoms with van der Waals surface area (Å²) < 4.78 is 0. The Labute approximate surface area is 102 Å². The van der Waals surface area contributed by atoms with Crippen molar-refractivity contribution >= 4 is 17.4 Å². The molecule has 1 unspecified atom stereocenters. The number of hydrogen-bond donors (Lipinski definition) is 0. The van der Waals surface area contributed by atoms with Gasteiger partial charge < -0.3 is 4.90 Å². The lowest BCUT2D eigenvalue weighted by Crippen LogP contribution is -2.23. The van der Waals surface area contributed by atoms with Crippen molar-refractivity contribution < 1.29 is 0 Å². The molecule has 0 saturated heterocycles. The quantitative estimate of drug-likeness (QED) is 0.756. The predicted octanol–water partition coefficient (Wildman–Crippen LogP) is 2.42. The molecule has 0 saturated carbocycles. The Morgan fingerprint density at radius 2 is 2.25 bits per heavy atom. The van der Waals surface area contributed by atoms with Crippen molar-refractivity contribution in [1.82, 2.24) is 9.97 Å². The van der Waals surface area contributed by atoms with Gasteiger partial charge in [0.05, 0.1) is 0 Å². The lowest BCUT2D eigenvalue weighted by molar-refractivity contribution is 0.760. The molecular formula is C12H18ClN3. The zero-order chi connectivity index (χ0) is 11.5. The van der Waals surface area contributed by atoms with Crippen LogP contribution in [0.1, 0.15) is 31.0 Å². The standard InChI is InChI=1S/C12H18ClN3/c1-9(13)6-7-16(2)12-10-4-3-5-11(10)14-8-15-12/h8-9H,3-7H2,1-2H3. The van der Waals surface area contributed by atoms with Gasteiger partial charge in [-0.1, -0.05) is 0 Å². The number of hydrogen-bond acceptors (Lipinski definition) is 3. The molecule has 0 fully saturated rings. The van der Waals surface area contributed by atoms with Gasteiger partial charge in [-0.3, -0.25) is 0 Å². The number of halogens is 1. The van der Waals surface area contributed by atoms with Crippen LogP contribution in [0.15, 0.2) is 6.33 Å². The van der Waals surface area contributed by atoms with Crippen LogP contribution in [0.5, 0.6) is 0 Å². The highest BCUT2D eigenvalue weighted by atomic mass is 35.5. The van der Waals surface area contributed by atoms with E-state index in [9.17, 15) is 0 Å². The van der Waals surface area contributed by atoms with Crippen LogP contribution >= 0.6 is 11.6 Å². The van der Waals surface area contributed by atoms with Crippen LogP contribution in [-0.2, 0) is 12.8 Å². The van der Waals surface area contributed by atoms with E-state index < -0.39 is 0 Å². The van der Waals surface area contributed by atoms with E-state index in [1.54, 1.807) is 6.33 Å². The molecule has 2 rings (SSSR count). The van der Waals surface area contributed by atoms with Crippen molar-refractivity contribution in [2.75, 3.05) is 18.5 Å². The van der Waals surface area contributed by atoms with Gasteiger partial charge in [0.2, 0.25) is 0 Å². The molecule has 16 heavy (non-hydrogen) atoms. The van der Waals surface area contributed by atoms with Crippen LogP contribution in [0.2, 0.25) is 0 Å². The van der Waals surface area contributed by atoms with Crippen molar-refractivity contribution in [2.45, 2.75) is 38.0 Å². The number of rotatable bonds is 4. The molecule has 1 atom stereocenters. The third-order valence-electron chi connectivity index (χ3n) is 3.08. The lowest BCUT2D eigenvalue weighted by Gasteiger charge is -2.21. The second-order valence-electron chi connectivity index (χ2n) is 4.47. The fourth-order valence-corrected chi connectivity index (χ4v) is 2.25. The summed E-state index contributed by atoms with van der Waals surface area (Å²) in [5, 5.41) is 0.220. The Morgan fingerprint density at radius 3 is 3.00 bits per heavy atom. The summed E-state index contributed by atoms with van der Waals surface area (Å²) in [6.45, 7) is 2.98. The van der Waals surface area contributed by atoms with E-state index >= 15 is 0 Å². The normalized spacial score (nSPS) is 15.9. The van der Waals surface area contributed by atoms with Gasteiger partial charge in [0, 0.05) is 30.2 Å². The average Bonchev–Trinajstić information content (AvgIpc) is 2.73. The molecule has 1 aromatic heterocycles. The molecule has 1 aromatic rings. The summed E-state index contributed by atoms with van der Waals surface area (Å²) in [5.41, 5.74) is 2.57. The molecule has 4 heteroatoms. The van der Waals surface area contributed by atoms with Gasteiger partial charge in [-0.15, -0.1) is 11.6 Å². The highest BCUT2D eigenvalue weighted by Crippen LogP contribution is 2.27. The minimum Gasteiger partial charge on any atom is -0.359 e. The van der Waals surface area contributed by atoms with E-state index in [-0.39, 0.29) is 5.38 Å². The first-order valence-corrected chi connectivity index (χ1v) is 6.30. The summed E-state index contributed by atoms with van der Waals surface area (Å²) in [6, 6.07) is 0. The first kappa shape index (κ1) is 11.6. The molecule has 0 aromatic carbocycles. The molecule has 88 valence electrons. The molecule has 1 aliphatic carbocycles. The number of fused-ring (bicyclic) bond motifs is 1. The topological polar surface area (TPSA) is 29.0 Å². The van der Waals surface area contributed by atoms with Gasteiger partial charge in [-0.25, -0.2) is 9.97 Å². The van der Waals surface area contributed by atoms with E-state index in [2.05, 4.69) is 21.9 Å². The van der Waals surface area contributed by atoms with E-state index in [1.807, 2.05) is 6.92 Å². The third-order valence-corrected chi connectivity index (χ3v) is 3.29. The zero-order valence-electron chi connectivity index (χ0n) is 9.91. The molecule has 3 nitrogen and oxygen atoms in total. The molecular weight excluding hydrogens is 222 g/mol. The second kappa shape index (κ2) is 5.00. The van der Waals surface area contributed by atoms with Gasteiger partial charge in [0.15, 0.2) is 0 Å². The zero-order valence-corrected chi connectivity index (χ0v) is 10.7. The number of nitrogens with zero attached hydrogens (tertiary/aromatic N) is 3. The van der Waals surface area contributed by atoms with Crippen molar-refractivity contribution in [3.8, 4) is 0 Å². The highest BCUT2D eigenvalue weighted by Gasteiger charge is 2.19. The summed E-state index contributed by atoms with van der Waals surface area (Å²) in [6.07, 6.45) is 6.09. The van der Waals surface area contributed by atoms with E-state index in [0.717, 1.165) is 31.6 Å². The van der Waals surface area contributed by atoms with Gasteiger partial charge in [-0.2, -0.15) is 0 Å². The first-order chi connectivity index (χ1) is 7.68. The van der Waals surface area contributed by atoms with Crippen molar-refractivity contribution in [3.05, 3.63) is 17.6 Å². The van der Waals surface area contributed by atoms with Gasteiger partial charge in [0.1, 0.15) is 12.1 Å². The summed E-state index contributed by atoms with van der Waals surface area (Å²) in [5.74, 6) is 1.10. The lowest BCUT2D eigenvalue weighted by atomic mass is 10.2. The molecule has 1 aliphatic rings. The van der Waals surface area contributed by atoms with Gasteiger partial charge in [0.25, 0.3) is 0 Å². The minimum absolute atomic E-state index is 0.220. The highest BCUT2D eigenvalue weighted by molar-refractivity contribution is 6.20. The maximum absolute atomic E-state index is 5.97. The van der Waals surface area contributed by atoms with Crippen LogP contribution in [0.4, 0.5) is 5.82 Å². The van der Waals surface area contributed by atoms with Crippen LogP contribution in [0, 0.1) is 0 Å². The fourth-order valence-electron chi connectivity index (χ4n) is 2.15. The molecule has 0 N–H and O–H groups in total. The Kier molecular flexibility index (Phi) is 3.64. The number of anilines is 1. The number of alkyl halides is 1. The second-order valence-corrected chi connectivity index (χ2v) is 5.21. The van der Waals surface area contributed by atoms with Crippen molar-refractivity contribution in [1.29, 1.82) is 0 Å². The van der Waals surface area contributed by atoms with Crippen LogP contribution in [0.3, 0.4) is 0 Å². The van der Waals surface area contributed by atoms with E-state index in [0.29, 0.717) is 0 Å². The maximum atomic E-state index is 5.97. The largest absolute Gasteiger partial charge is 0.359 e. The molecule has 1 heterocycles.